The smallest absolute Gasteiger partial charge is 0.337 e. The average Bonchev–Trinajstić information content (AvgIpc) is 3.26. The quantitative estimate of drug-likeness (QED) is 0.560. The number of carbonyl (C=O) groups excluding carboxylic acids is 3. The maximum atomic E-state index is 12.6. The number of esters is 2. The highest BCUT2D eigenvalue weighted by Crippen LogP contribution is 2.20. The number of nitrogens with one attached hydrogen (secondary N) is 1. The van der Waals surface area contributed by atoms with E-state index in [2.05, 4.69) is 10.3 Å². The number of anilines is 1. The predicted octanol–water partition coefficient (Wildman–Crippen LogP) is 3.57. The van der Waals surface area contributed by atoms with Gasteiger partial charge in [-0.15, -0.1) is 11.3 Å². The van der Waals surface area contributed by atoms with Crippen LogP contribution in [0.15, 0.2) is 47.8 Å². The van der Waals surface area contributed by atoms with Crippen LogP contribution in [0.25, 0.3) is 0 Å². The lowest BCUT2D eigenvalue weighted by molar-refractivity contribution is 0.0599. The van der Waals surface area contributed by atoms with E-state index in [1.807, 2.05) is 24.3 Å². The molecule has 0 aliphatic heterocycles. The summed E-state index contributed by atoms with van der Waals surface area (Å²) in [4.78, 5) is 40.8. The van der Waals surface area contributed by atoms with Gasteiger partial charge >= 0.3 is 11.9 Å². The Balaban J connectivity index is 1.76. The third-order valence-corrected chi connectivity index (χ3v) is 5.18. The number of rotatable bonds is 7. The Morgan fingerprint density at radius 2 is 1.55 bits per heavy atom. The minimum absolute atomic E-state index is 0.110. The second-order valence-corrected chi connectivity index (χ2v) is 7.33. The molecule has 0 atom stereocenters. The van der Waals surface area contributed by atoms with E-state index in [0.29, 0.717) is 6.42 Å². The Morgan fingerprint density at radius 1 is 0.935 bits per heavy atom. The van der Waals surface area contributed by atoms with Crippen molar-refractivity contribution in [1.82, 2.24) is 4.98 Å². The molecule has 9 heteroatoms. The Labute approximate surface area is 182 Å². The molecular formula is C22H20N2O6S. The van der Waals surface area contributed by atoms with E-state index in [-0.39, 0.29) is 22.5 Å². The van der Waals surface area contributed by atoms with Crippen molar-refractivity contribution in [1.29, 1.82) is 0 Å². The summed E-state index contributed by atoms with van der Waals surface area (Å²) >= 11 is 1.37. The first kappa shape index (κ1) is 22.0. The molecule has 2 aromatic carbocycles. The first-order chi connectivity index (χ1) is 14.9. The molecule has 1 aromatic heterocycles. The van der Waals surface area contributed by atoms with Crippen LogP contribution in [0.4, 0.5) is 5.69 Å². The van der Waals surface area contributed by atoms with E-state index in [1.54, 1.807) is 12.5 Å². The standard InChI is InChI=1S/C22H20N2O6S/c1-28-17-6-4-13(5-7-17)8-19-24-18(12-31-19)20(25)23-16-10-14(21(26)29-2)9-15(11-16)22(27)30-3/h4-7,9-12H,8H2,1-3H3,(H,23,25). The second-order valence-electron chi connectivity index (χ2n) is 6.39. The lowest BCUT2D eigenvalue weighted by Gasteiger charge is -2.08. The van der Waals surface area contributed by atoms with Crippen molar-refractivity contribution in [3.8, 4) is 5.75 Å². The Hall–Kier alpha value is -3.72. The Bertz CT molecular complexity index is 1070. The molecule has 0 saturated carbocycles. The number of carbonyl (C=O) groups is 3. The van der Waals surface area contributed by atoms with Crippen LogP contribution >= 0.6 is 11.3 Å². The van der Waals surface area contributed by atoms with Crippen LogP contribution in [0.1, 0.15) is 41.8 Å². The van der Waals surface area contributed by atoms with Gasteiger partial charge in [0, 0.05) is 17.5 Å². The first-order valence-corrected chi connectivity index (χ1v) is 10.0. The van der Waals surface area contributed by atoms with Crippen LogP contribution < -0.4 is 10.1 Å². The van der Waals surface area contributed by atoms with Crippen molar-refractivity contribution in [2.45, 2.75) is 6.42 Å². The summed E-state index contributed by atoms with van der Waals surface area (Å²) in [7, 11) is 4.06. The zero-order valence-electron chi connectivity index (χ0n) is 17.1. The summed E-state index contributed by atoms with van der Waals surface area (Å²) < 4.78 is 14.6. The molecule has 0 saturated heterocycles. The highest BCUT2D eigenvalue weighted by Gasteiger charge is 2.17. The summed E-state index contributed by atoms with van der Waals surface area (Å²) in [5, 5.41) is 5.09. The lowest BCUT2D eigenvalue weighted by atomic mass is 10.1. The third kappa shape index (κ3) is 5.46. The van der Waals surface area contributed by atoms with E-state index in [1.165, 1.54) is 43.8 Å². The predicted molar refractivity (Wildman–Crippen MR) is 115 cm³/mol. The minimum atomic E-state index is -0.642. The molecule has 31 heavy (non-hydrogen) atoms. The molecule has 0 fully saturated rings. The number of hydrogen-bond donors (Lipinski definition) is 1. The van der Waals surface area contributed by atoms with Gasteiger partial charge in [-0.05, 0) is 35.9 Å². The molecule has 0 bridgehead atoms. The molecule has 0 radical (unpaired) electrons. The van der Waals surface area contributed by atoms with Gasteiger partial charge in [0.2, 0.25) is 0 Å². The van der Waals surface area contributed by atoms with E-state index in [4.69, 9.17) is 14.2 Å². The van der Waals surface area contributed by atoms with Gasteiger partial charge in [-0.25, -0.2) is 14.6 Å². The van der Waals surface area contributed by atoms with Crippen molar-refractivity contribution >= 4 is 34.9 Å². The molecular weight excluding hydrogens is 420 g/mol. The number of amides is 1. The average molecular weight is 440 g/mol. The van der Waals surface area contributed by atoms with Crippen molar-refractivity contribution in [2.75, 3.05) is 26.6 Å². The lowest BCUT2D eigenvalue weighted by Crippen LogP contribution is -2.14. The molecule has 0 aliphatic rings. The molecule has 1 heterocycles. The highest BCUT2D eigenvalue weighted by molar-refractivity contribution is 7.09. The molecule has 0 spiro atoms. The van der Waals surface area contributed by atoms with E-state index in [0.717, 1.165) is 16.3 Å². The van der Waals surface area contributed by atoms with Crippen molar-refractivity contribution in [3.63, 3.8) is 0 Å². The number of aromatic nitrogens is 1. The van der Waals surface area contributed by atoms with E-state index >= 15 is 0 Å². The molecule has 160 valence electrons. The molecule has 3 aromatic rings. The number of benzene rings is 2. The summed E-state index contributed by atoms with van der Waals surface area (Å²) in [6.45, 7) is 0. The molecule has 1 amide bonds. The highest BCUT2D eigenvalue weighted by atomic mass is 32.1. The molecule has 3 rings (SSSR count). The van der Waals surface area contributed by atoms with Gasteiger partial charge in [0.1, 0.15) is 11.4 Å². The van der Waals surface area contributed by atoms with Crippen LogP contribution in [0.2, 0.25) is 0 Å². The largest absolute Gasteiger partial charge is 0.497 e. The normalized spacial score (nSPS) is 10.3. The molecule has 1 N–H and O–H groups in total. The van der Waals surface area contributed by atoms with Crippen LogP contribution in [0.3, 0.4) is 0 Å². The van der Waals surface area contributed by atoms with Gasteiger partial charge in [0.15, 0.2) is 0 Å². The van der Waals surface area contributed by atoms with Crippen LogP contribution in [-0.2, 0) is 15.9 Å². The van der Waals surface area contributed by atoms with Gasteiger partial charge in [0.25, 0.3) is 5.91 Å². The number of methoxy groups -OCH3 is 3. The van der Waals surface area contributed by atoms with E-state index < -0.39 is 17.8 Å². The monoisotopic (exact) mass is 440 g/mol. The number of thiazole rings is 1. The third-order valence-electron chi connectivity index (χ3n) is 4.33. The summed E-state index contributed by atoms with van der Waals surface area (Å²) in [6, 6.07) is 11.8. The van der Waals surface area contributed by atoms with Crippen LogP contribution in [0, 0.1) is 0 Å². The summed E-state index contributed by atoms with van der Waals surface area (Å²) in [5.41, 5.74) is 1.74. The fraction of sp³-hybridized carbons (Fsp3) is 0.182. The van der Waals surface area contributed by atoms with Gasteiger partial charge in [-0.2, -0.15) is 0 Å². The zero-order chi connectivity index (χ0) is 22.4. The second kappa shape index (κ2) is 9.86. The van der Waals surface area contributed by atoms with Crippen molar-refractivity contribution < 1.29 is 28.6 Å². The van der Waals surface area contributed by atoms with E-state index in [9.17, 15) is 14.4 Å². The number of ether oxygens (including phenoxy) is 3. The minimum Gasteiger partial charge on any atom is -0.497 e. The van der Waals surface area contributed by atoms with Crippen molar-refractivity contribution in [3.05, 3.63) is 75.2 Å². The van der Waals surface area contributed by atoms with Gasteiger partial charge < -0.3 is 19.5 Å². The van der Waals surface area contributed by atoms with Crippen LogP contribution in [-0.4, -0.2) is 44.2 Å². The number of nitrogens with zero attached hydrogens (tertiary/aromatic N) is 1. The topological polar surface area (TPSA) is 104 Å². The Morgan fingerprint density at radius 3 is 2.10 bits per heavy atom. The molecule has 8 nitrogen and oxygen atoms in total. The Kier molecular flexibility index (Phi) is 6.99. The van der Waals surface area contributed by atoms with Crippen molar-refractivity contribution in [2.24, 2.45) is 0 Å². The summed E-state index contributed by atoms with van der Waals surface area (Å²) in [6.07, 6.45) is 0.576. The van der Waals surface area contributed by atoms with Gasteiger partial charge in [-0.1, -0.05) is 12.1 Å². The first-order valence-electron chi connectivity index (χ1n) is 9.14. The fourth-order valence-electron chi connectivity index (χ4n) is 2.78. The van der Waals surface area contributed by atoms with Gasteiger partial charge in [0.05, 0.1) is 37.5 Å². The summed E-state index contributed by atoms with van der Waals surface area (Å²) in [5.74, 6) is -0.980. The van der Waals surface area contributed by atoms with Gasteiger partial charge in [-0.3, -0.25) is 4.79 Å². The maximum absolute atomic E-state index is 12.6. The maximum Gasteiger partial charge on any atom is 0.337 e. The fourth-order valence-corrected chi connectivity index (χ4v) is 3.59. The zero-order valence-corrected chi connectivity index (χ0v) is 17.9. The SMILES string of the molecule is COC(=O)c1cc(NC(=O)c2csc(Cc3ccc(OC)cc3)n2)cc(C(=O)OC)c1. The number of hydrogen-bond acceptors (Lipinski definition) is 8. The van der Waals surface area contributed by atoms with Crippen LogP contribution in [0.5, 0.6) is 5.75 Å². The molecule has 0 aliphatic carbocycles. The molecule has 0 unspecified atom stereocenters.